The molecule has 1 aromatic carbocycles. The molecule has 4 heteroatoms. The van der Waals surface area contributed by atoms with E-state index in [2.05, 4.69) is 11.4 Å². The number of carbonyl (C=O) groups is 1. The smallest absolute Gasteiger partial charge is 0.321 e. The quantitative estimate of drug-likeness (QED) is 0.872. The second-order valence-corrected chi connectivity index (χ2v) is 4.91. The van der Waals surface area contributed by atoms with E-state index in [9.17, 15) is 4.79 Å². The Morgan fingerprint density at radius 1 is 1.33 bits per heavy atom. The van der Waals surface area contributed by atoms with Gasteiger partial charge >= 0.3 is 6.03 Å². The number of nitrogens with one attached hydrogen (secondary N) is 1. The zero-order valence-electron chi connectivity index (χ0n) is 11.2. The van der Waals surface area contributed by atoms with Crippen LogP contribution in [0.25, 0.3) is 0 Å². The molecule has 0 aliphatic carbocycles. The van der Waals surface area contributed by atoms with E-state index in [1.807, 2.05) is 26.0 Å². The van der Waals surface area contributed by atoms with Crippen LogP contribution in [0.15, 0.2) is 18.2 Å². The van der Waals surface area contributed by atoms with Gasteiger partial charge in [0.25, 0.3) is 0 Å². The van der Waals surface area contributed by atoms with Gasteiger partial charge in [-0.2, -0.15) is 0 Å². The Labute approximate surface area is 108 Å². The van der Waals surface area contributed by atoms with Crippen molar-refractivity contribution in [2.45, 2.75) is 26.3 Å². The molecule has 1 saturated heterocycles. The van der Waals surface area contributed by atoms with Crippen molar-refractivity contribution >= 4 is 11.7 Å². The number of urea groups is 1. The van der Waals surface area contributed by atoms with Crippen LogP contribution in [0.5, 0.6) is 0 Å². The Balaban J connectivity index is 2.04. The predicted octanol–water partition coefficient (Wildman–Crippen LogP) is 2.24. The molecule has 18 heavy (non-hydrogen) atoms. The summed E-state index contributed by atoms with van der Waals surface area (Å²) in [5.41, 5.74) is 3.24. The average Bonchev–Trinajstić information content (AvgIpc) is 2.79. The van der Waals surface area contributed by atoms with Crippen molar-refractivity contribution < 1.29 is 9.53 Å². The zero-order valence-corrected chi connectivity index (χ0v) is 11.2. The van der Waals surface area contributed by atoms with E-state index < -0.39 is 0 Å². The van der Waals surface area contributed by atoms with Gasteiger partial charge < -0.3 is 10.1 Å². The molecular formula is C14H20N2O2. The van der Waals surface area contributed by atoms with Gasteiger partial charge in [0.1, 0.15) is 0 Å². The number of amides is 2. The molecule has 0 saturated carbocycles. The lowest BCUT2D eigenvalue weighted by Gasteiger charge is -2.21. The molecule has 0 spiro atoms. The molecule has 1 N–H and O–H groups in total. The topological polar surface area (TPSA) is 41.6 Å². The minimum absolute atomic E-state index is 0.0736. The summed E-state index contributed by atoms with van der Waals surface area (Å²) in [6, 6.07) is 6.19. The van der Waals surface area contributed by atoms with Gasteiger partial charge in [0.2, 0.25) is 0 Å². The van der Waals surface area contributed by atoms with E-state index >= 15 is 0 Å². The minimum Gasteiger partial charge on any atom is -0.379 e. The highest BCUT2D eigenvalue weighted by atomic mass is 16.5. The first-order chi connectivity index (χ1) is 8.56. The molecule has 2 rings (SSSR count). The summed E-state index contributed by atoms with van der Waals surface area (Å²) in [5.74, 6) is 0. The van der Waals surface area contributed by atoms with Crippen LogP contribution in [0.1, 0.15) is 17.5 Å². The van der Waals surface area contributed by atoms with Gasteiger partial charge in [0.15, 0.2) is 0 Å². The molecule has 1 fully saturated rings. The normalized spacial score (nSPS) is 18.7. The largest absolute Gasteiger partial charge is 0.379 e. The SMILES string of the molecule is Cc1cc(C)cc(N(C)C(=O)NC2CCOC2)c1. The standard InChI is InChI=1S/C14H20N2O2/c1-10-6-11(2)8-13(7-10)16(3)14(17)15-12-4-5-18-9-12/h6-8,12H,4-5,9H2,1-3H3,(H,15,17). The van der Waals surface area contributed by atoms with E-state index in [1.54, 1.807) is 11.9 Å². The molecule has 1 aromatic rings. The molecule has 1 aliphatic heterocycles. The van der Waals surface area contributed by atoms with E-state index in [0.29, 0.717) is 6.61 Å². The third-order valence-electron chi connectivity index (χ3n) is 3.16. The molecule has 4 nitrogen and oxygen atoms in total. The molecule has 1 heterocycles. The molecule has 98 valence electrons. The number of nitrogens with zero attached hydrogens (tertiary/aromatic N) is 1. The molecule has 0 aromatic heterocycles. The van der Waals surface area contributed by atoms with Crippen molar-refractivity contribution in [3.05, 3.63) is 29.3 Å². The van der Waals surface area contributed by atoms with Crippen molar-refractivity contribution in [1.82, 2.24) is 5.32 Å². The van der Waals surface area contributed by atoms with Crippen LogP contribution in [0.4, 0.5) is 10.5 Å². The fraction of sp³-hybridized carbons (Fsp3) is 0.500. The number of aryl methyl sites for hydroxylation is 2. The lowest BCUT2D eigenvalue weighted by atomic mass is 10.1. The maximum atomic E-state index is 12.1. The van der Waals surface area contributed by atoms with Crippen molar-refractivity contribution in [2.75, 3.05) is 25.2 Å². The van der Waals surface area contributed by atoms with Gasteiger partial charge in [-0.25, -0.2) is 4.79 Å². The summed E-state index contributed by atoms with van der Waals surface area (Å²) >= 11 is 0. The number of hydrogen-bond donors (Lipinski definition) is 1. The molecule has 1 unspecified atom stereocenters. The Bertz CT molecular complexity index is 419. The summed E-state index contributed by atoms with van der Waals surface area (Å²) in [7, 11) is 1.79. The number of rotatable bonds is 2. The first-order valence-electron chi connectivity index (χ1n) is 6.26. The maximum Gasteiger partial charge on any atom is 0.321 e. The summed E-state index contributed by atoms with van der Waals surface area (Å²) in [6.07, 6.45) is 0.895. The second-order valence-electron chi connectivity index (χ2n) is 4.91. The highest BCUT2D eigenvalue weighted by Crippen LogP contribution is 2.18. The van der Waals surface area contributed by atoms with E-state index in [1.165, 1.54) is 0 Å². The second kappa shape index (κ2) is 5.40. The summed E-state index contributed by atoms with van der Waals surface area (Å²) in [5, 5.41) is 2.98. The molecule has 0 radical (unpaired) electrons. The van der Waals surface area contributed by atoms with E-state index in [-0.39, 0.29) is 12.1 Å². The van der Waals surface area contributed by atoms with Gasteiger partial charge in [-0.1, -0.05) is 6.07 Å². The number of ether oxygens (including phenoxy) is 1. The first-order valence-corrected chi connectivity index (χ1v) is 6.26. The zero-order chi connectivity index (χ0) is 13.1. The van der Waals surface area contributed by atoms with Crippen LogP contribution in [0, 0.1) is 13.8 Å². The Kier molecular flexibility index (Phi) is 3.87. The van der Waals surface area contributed by atoms with Gasteiger partial charge in [-0.15, -0.1) is 0 Å². The van der Waals surface area contributed by atoms with Crippen LogP contribution in [0.3, 0.4) is 0 Å². The number of anilines is 1. The van der Waals surface area contributed by atoms with Gasteiger partial charge in [-0.3, -0.25) is 4.90 Å². The van der Waals surface area contributed by atoms with Crippen LogP contribution in [-0.4, -0.2) is 32.3 Å². The predicted molar refractivity (Wildman–Crippen MR) is 72.1 cm³/mol. The van der Waals surface area contributed by atoms with Crippen molar-refractivity contribution in [2.24, 2.45) is 0 Å². The molecule has 1 aliphatic rings. The van der Waals surface area contributed by atoms with Crippen molar-refractivity contribution in [1.29, 1.82) is 0 Å². The minimum atomic E-state index is -0.0736. The van der Waals surface area contributed by atoms with E-state index in [0.717, 1.165) is 29.8 Å². The molecule has 2 amide bonds. The lowest BCUT2D eigenvalue weighted by Crippen LogP contribution is -2.43. The van der Waals surface area contributed by atoms with Gasteiger partial charge in [-0.05, 0) is 43.5 Å². The first kappa shape index (κ1) is 12.9. The Morgan fingerprint density at radius 3 is 2.56 bits per heavy atom. The molecule has 0 bridgehead atoms. The van der Waals surface area contributed by atoms with Crippen molar-refractivity contribution in [3.63, 3.8) is 0 Å². The Hall–Kier alpha value is -1.55. The van der Waals surface area contributed by atoms with Gasteiger partial charge in [0.05, 0.1) is 12.6 Å². The Morgan fingerprint density at radius 2 is 2.00 bits per heavy atom. The lowest BCUT2D eigenvalue weighted by molar-refractivity contribution is 0.189. The highest BCUT2D eigenvalue weighted by molar-refractivity contribution is 5.91. The van der Waals surface area contributed by atoms with Crippen LogP contribution >= 0.6 is 0 Å². The average molecular weight is 248 g/mol. The third-order valence-corrected chi connectivity index (χ3v) is 3.16. The summed E-state index contributed by atoms with van der Waals surface area (Å²) in [6.45, 7) is 5.42. The van der Waals surface area contributed by atoms with Gasteiger partial charge in [0, 0.05) is 19.3 Å². The molecular weight excluding hydrogens is 228 g/mol. The van der Waals surface area contributed by atoms with E-state index in [4.69, 9.17) is 4.74 Å². The monoisotopic (exact) mass is 248 g/mol. The third kappa shape index (κ3) is 3.01. The number of hydrogen-bond acceptors (Lipinski definition) is 2. The number of benzene rings is 1. The summed E-state index contributed by atoms with van der Waals surface area (Å²) < 4.78 is 5.25. The maximum absolute atomic E-state index is 12.1. The summed E-state index contributed by atoms with van der Waals surface area (Å²) in [4.78, 5) is 13.7. The fourth-order valence-electron chi connectivity index (χ4n) is 2.18. The van der Waals surface area contributed by atoms with Crippen LogP contribution < -0.4 is 10.2 Å². The van der Waals surface area contributed by atoms with Crippen molar-refractivity contribution in [3.8, 4) is 0 Å². The van der Waals surface area contributed by atoms with Crippen LogP contribution in [0.2, 0.25) is 0 Å². The number of carbonyl (C=O) groups excluding carboxylic acids is 1. The van der Waals surface area contributed by atoms with Crippen LogP contribution in [-0.2, 0) is 4.74 Å². The molecule has 1 atom stereocenters. The fourth-order valence-corrected chi connectivity index (χ4v) is 2.18. The highest BCUT2D eigenvalue weighted by Gasteiger charge is 2.20.